The Hall–Kier alpha value is -1.85. The summed E-state index contributed by atoms with van der Waals surface area (Å²) >= 11 is 3.41. The molecule has 1 saturated heterocycles. The van der Waals surface area contributed by atoms with Crippen LogP contribution in [0.5, 0.6) is 0 Å². The van der Waals surface area contributed by atoms with E-state index in [9.17, 15) is 9.90 Å². The SMILES string of the molecule is O=C(OCc1ccccc1)N1CCC(C(O)c2ccc(Br)cc2)CC1. The first kappa shape index (κ1) is 18.0. The predicted molar refractivity (Wildman–Crippen MR) is 100 cm³/mol. The van der Waals surface area contributed by atoms with E-state index in [1.807, 2.05) is 54.6 Å². The number of piperidine rings is 1. The molecule has 0 spiro atoms. The summed E-state index contributed by atoms with van der Waals surface area (Å²) in [7, 11) is 0. The van der Waals surface area contributed by atoms with Gasteiger partial charge in [-0.1, -0.05) is 58.4 Å². The first-order valence-corrected chi connectivity index (χ1v) is 9.32. The van der Waals surface area contributed by atoms with Gasteiger partial charge in [-0.3, -0.25) is 0 Å². The molecule has 1 atom stereocenters. The molecule has 0 aromatic heterocycles. The number of aliphatic hydroxyl groups is 1. The highest BCUT2D eigenvalue weighted by Gasteiger charge is 2.28. The van der Waals surface area contributed by atoms with Crippen LogP contribution in [-0.2, 0) is 11.3 Å². The van der Waals surface area contributed by atoms with Crippen LogP contribution in [0.15, 0.2) is 59.1 Å². The number of benzene rings is 2. The number of likely N-dealkylation sites (tertiary alicyclic amines) is 1. The van der Waals surface area contributed by atoms with Crippen molar-refractivity contribution in [1.29, 1.82) is 0 Å². The van der Waals surface area contributed by atoms with Crippen LogP contribution in [0.2, 0.25) is 0 Å². The second-order valence-electron chi connectivity index (χ2n) is 6.36. The van der Waals surface area contributed by atoms with Crippen molar-refractivity contribution in [3.63, 3.8) is 0 Å². The van der Waals surface area contributed by atoms with E-state index in [1.54, 1.807) is 4.90 Å². The van der Waals surface area contributed by atoms with Crippen LogP contribution in [0, 0.1) is 5.92 Å². The lowest BCUT2D eigenvalue weighted by Gasteiger charge is -2.33. The summed E-state index contributed by atoms with van der Waals surface area (Å²) in [5.74, 6) is 0.166. The Morgan fingerprint density at radius 3 is 2.40 bits per heavy atom. The molecule has 1 N–H and O–H groups in total. The van der Waals surface area contributed by atoms with Crippen LogP contribution in [-0.4, -0.2) is 29.2 Å². The fourth-order valence-electron chi connectivity index (χ4n) is 3.14. The quantitative estimate of drug-likeness (QED) is 0.815. The number of amides is 1. The van der Waals surface area contributed by atoms with Crippen molar-refractivity contribution >= 4 is 22.0 Å². The molecule has 0 aliphatic carbocycles. The maximum absolute atomic E-state index is 12.2. The lowest BCUT2D eigenvalue weighted by atomic mass is 9.87. The number of nitrogens with zero attached hydrogens (tertiary/aromatic N) is 1. The van der Waals surface area contributed by atoms with E-state index < -0.39 is 6.10 Å². The molecule has 1 heterocycles. The van der Waals surface area contributed by atoms with Gasteiger partial charge >= 0.3 is 6.09 Å². The number of carbonyl (C=O) groups is 1. The molecule has 0 radical (unpaired) electrons. The third-order valence-electron chi connectivity index (χ3n) is 4.66. The van der Waals surface area contributed by atoms with Gasteiger partial charge in [-0.05, 0) is 42.0 Å². The van der Waals surface area contributed by atoms with E-state index in [4.69, 9.17) is 4.74 Å². The highest BCUT2D eigenvalue weighted by atomic mass is 79.9. The maximum atomic E-state index is 12.2. The molecular weight excluding hydrogens is 382 g/mol. The normalized spacial score (nSPS) is 16.5. The van der Waals surface area contributed by atoms with Gasteiger partial charge in [0.15, 0.2) is 0 Å². The van der Waals surface area contributed by atoms with Gasteiger partial charge in [0.05, 0.1) is 6.10 Å². The smallest absolute Gasteiger partial charge is 0.410 e. The van der Waals surface area contributed by atoms with Crippen LogP contribution in [0.1, 0.15) is 30.1 Å². The summed E-state index contributed by atoms with van der Waals surface area (Å²) in [6, 6.07) is 17.4. The number of halogens is 1. The van der Waals surface area contributed by atoms with Crippen LogP contribution >= 0.6 is 15.9 Å². The van der Waals surface area contributed by atoms with Crippen molar-refractivity contribution in [2.45, 2.75) is 25.6 Å². The van der Waals surface area contributed by atoms with Gasteiger partial charge in [0.1, 0.15) is 6.61 Å². The van der Waals surface area contributed by atoms with Gasteiger partial charge < -0.3 is 14.7 Å². The number of aliphatic hydroxyl groups excluding tert-OH is 1. The molecule has 4 nitrogen and oxygen atoms in total. The number of hydrogen-bond donors (Lipinski definition) is 1. The highest BCUT2D eigenvalue weighted by molar-refractivity contribution is 9.10. The largest absolute Gasteiger partial charge is 0.445 e. The van der Waals surface area contributed by atoms with Crippen molar-refractivity contribution in [2.75, 3.05) is 13.1 Å². The number of ether oxygens (including phenoxy) is 1. The molecule has 25 heavy (non-hydrogen) atoms. The fraction of sp³-hybridized carbons (Fsp3) is 0.350. The summed E-state index contributed by atoms with van der Waals surface area (Å²) in [4.78, 5) is 13.9. The van der Waals surface area contributed by atoms with Gasteiger partial charge in [0.2, 0.25) is 0 Å². The molecule has 3 rings (SSSR count). The first-order valence-electron chi connectivity index (χ1n) is 8.52. The van der Waals surface area contributed by atoms with Crippen LogP contribution in [0.25, 0.3) is 0 Å². The van der Waals surface area contributed by atoms with Crippen molar-refractivity contribution in [3.05, 3.63) is 70.2 Å². The summed E-state index contributed by atoms with van der Waals surface area (Å²) in [6.45, 7) is 1.53. The minimum Gasteiger partial charge on any atom is -0.445 e. The number of carbonyl (C=O) groups excluding carboxylic acids is 1. The molecule has 1 amide bonds. The lowest BCUT2D eigenvalue weighted by molar-refractivity contribution is 0.0450. The summed E-state index contributed by atoms with van der Waals surface area (Å²) < 4.78 is 6.38. The molecule has 132 valence electrons. The van der Waals surface area contributed by atoms with Gasteiger partial charge in [-0.25, -0.2) is 4.79 Å². The molecule has 0 saturated carbocycles. The number of rotatable bonds is 4. The molecular formula is C20H22BrNO3. The molecule has 2 aromatic carbocycles. The van der Waals surface area contributed by atoms with E-state index in [1.165, 1.54) is 0 Å². The molecule has 1 fully saturated rings. The molecule has 1 aliphatic rings. The topological polar surface area (TPSA) is 49.8 Å². The second kappa shape index (κ2) is 8.50. The molecule has 1 aliphatic heterocycles. The summed E-state index contributed by atoms with van der Waals surface area (Å²) in [6.07, 6.45) is 0.783. The lowest BCUT2D eigenvalue weighted by Crippen LogP contribution is -2.40. The van der Waals surface area contributed by atoms with Crippen LogP contribution < -0.4 is 0 Å². The van der Waals surface area contributed by atoms with E-state index >= 15 is 0 Å². The number of hydrogen-bond acceptors (Lipinski definition) is 3. The summed E-state index contributed by atoms with van der Waals surface area (Å²) in [5, 5.41) is 10.6. The Kier molecular flexibility index (Phi) is 6.10. The van der Waals surface area contributed by atoms with Crippen molar-refractivity contribution in [1.82, 2.24) is 4.90 Å². The van der Waals surface area contributed by atoms with Crippen molar-refractivity contribution < 1.29 is 14.6 Å². The van der Waals surface area contributed by atoms with Crippen molar-refractivity contribution in [3.8, 4) is 0 Å². The van der Waals surface area contributed by atoms with E-state index in [2.05, 4.69) is 15.9 Å². The average molecular weight is 404 g/mol. The maximum Gasteiger partial charge on any atom is 0.410 e. The zero-order valence-corrected chi connectivity index (χ0v) is 15.6. The van der Waals surface area contributed by atoms with Gasteiger partial charge in [-0.2, -0.15) is 0 Å². The van der Waals surface area contributed by atoms with Gasteiger partial charge in [0, 0.05) is 17.6 Å². The third kappa shape index (κ3) is 4.83. The Labute approximate surface area is 156 Å². The molecule has 0 bridgehead atoms. The Morgan fingerprint density at radius 2 is 1.76 bits per heavy atom. The van der Waals surface area contributed by atoms with Gasteiger partial charge in [0.25, 0.3) is 0 Å². The highest BCUT2D eigenvalue weighted by Crippen LogP contribution is 2.31. The predicted octanol–water partition coefficient (Wildman–Crippen LogP) is 4.53. The fourth-order valence-corrected chi connectivity index (χ4v) is 3.40. The first-order chi connectivity index (χ1) is 12.1. The van der Waals surface area contributed by atoms with Crippen LogP contribution in [0.3, 0.4) is 0 Å². The molecule has 5 heteroatoms. The van der Waals surface area contributed by atoms with E-state index in [0.29, 0.717) is 19.7 Å². The monoisotopic (exact) mass is 403 g/mol. The van der Waals surface area contributed by atoms with E-state index in [0.717, 1.165) is 28.4 Å². The van der Waals surface area contributed by atoms with Crippen LogP contribution in [0.4, 0.5) is 4.79 Å². The minimum atomic E-state index is -0.490. The van der Waals surface area contributed by atoms with E-state index in [-0.39, 0.29) is 12.0 Å². The molecule has 2 aromatic rings. The van der Waals surface area contributed by atoms with Crippen molar-refractivity contribution in [2.24, 2.45) is 5.92 Å². The Bertz CT molecular complexity index is 682. The summed E-state index contributed by atoms with van der Waals surface area (Å²) in [5.41, 5.74) is 1.91. The zero-order valence-electron chi connectivity index (χ0n) is 14.0. The standard InChI is InChI=1S/C20H22BrNO3/c21-18-8-6-16(7-9-18)19(23)17-10-12-22(13-11-17)20(24)25-14-15-4-2-1-3-5-15/h1-9,17,19,23H,10-14H2. The minimum absolute atomic E-state index is 0.166. The third-order valence-corrected chi connectivity index (χ3v) is 5.19. The zero-order chi connectivity index (χ0) is 17.6. The molecule has 1 unspecified atom stereocenters. The van der Waals surface area contributed by atoms with Gasteiger partial charge in [-0.15, -0.1) is 0 Å². The average Bonchev–Trinajstić information content (AvgIpc) is 2.67. The Morgan fingerprint density at radius 1 is 1.12 bits per heavy atom. The second-order valence-corrected chi connectivity index (χ2v) is 7.28. The Balaban J connectivity index is 1.47.